The van der Waals surface area contributed by atoms with Crippen molar-refractivity contribution in [3.05, 3.63) is 59.1 Å². The number of para-hydroxylation sites is 1. The zero-order valence-corrected chi connectivity index (χ0v) is 19.9. The van der Waals surface area contributed by atoms with Crippen LogP contribution < -0.4 is 0 Å². The van der Waals surface area contributed by atoms with E-state index in [9.17, 15) is 4.79 Å². The Morgan fingerprint density at radius 3 is 2.31 bits per heavy atom. The van der Waals surface area contributed by atoms with E-state index in [4.69, 9.17) is 16.0 Å². The molecule has 0 amide bonds. The van der Waals surface area contributed by atoms with Crippen LogP contribution in [-0.2, 0) is 10.8 Å². The fourth-order valence-electron chi connectivity index (χ4n) is 3.45. The Morgan fingerprint density at radius 1 is 1.07 bits per heavy atom. The van der Waals surface area contributed by atoms with Gasteiger partial charge in [0, 0.05) is 29.5 Å². The molecule has 154 valence electrons. The maximum Gasteiger partial charge on any atom is 0.228 e. The molecule has 1 aromatic heterocycles. The lowest BCUT2D eigenvalue weighted by atomic mass is 10.0. The second kappa shape index (κ2) is 8.09. The first-order chi connectivity index (χ1) is 13.5. The average Bonchev–Trinajstić information content (AvgIpc) is 2.95. The topological polar surface area (TPSA) is 31.2 Å². The van der Waals surface area contributed by atoms with Gasteiger partial charge in [0.15, 0.2) is 8.32 Å². The average molecular weight is 428 g/mol. The number of hydrogen-bond acceptors (Lipinski definition) is 2. The van der Waals surface area contributed by atoms with Gasteiger partial charge in [0.1, 0.15) is 0 Å². The van der Waals surface area contributed by atoms with Crippen LogP contribution in [0.3, 0.4) is 0 Å². The van der Waals surface area contributed by atoms with E-state index in [2.05, 4.69) is 39.9 Å². The van der Waals surface area contributed by atoms with Crippen molar-refractivity contribution in [2.75, 3.05) is 6.61 Å². The molecule has 0 atom stereocenters. The molecular weight excluding hydrogens is 398 g/mol. The Morgan fingerprint density at radius 2 is 1.69 bits per heavy atom. The quantitative estimate of drug-likeness (QED) is 0.403. The SMILES string of the molecule is CC(=O)n1c(-c2ccccc2Cl)c(CCO[Si](C)(C)C(C)(C)C)c2ccccc21. The number of fused-ring (bicyclic) bond motifs is 1. The second-order valence-electron chi connectivity index (χ2n) is 9.04. The van der Waals surface area contributed by atoms with Gasteiger partial charge < -0.3 is 4.43 Å². The van der Waals surface area contributed by atoms with Gasteiger partial charge in [0.25, 0.3) is 0 Å². The normalized spacial score (nSPS) is 12.5. The van der Waals surface area contributed by atoms with Crippen molar-refractivity contribution in [1.29, 1.82) is 0 Å². The molecule has 3 rings (SSSR count). The number of halogens is 1. The zero-order valence-electron chi connectivity index (χ0n) is 18.2. The summed E-state index contributed by atoms with van der Waals surface area (Å²) in [4.78, 5) is 12.6. The number of nitrogens with zero attached hydrogens (tertiary/aromatic N) is 1. The minimum atomic E-state index is -1.85. The fraction of sp³-hybridized carbons (Fsp3) is 0.375. The molecule has 0 aliphatic rings. The van der Waals surface area contributed by atoms with E-state index in [-0.39, 0.29) is 10.9 Å². The highest BCUT2D eigenvalue weighted by Gasteiger charge is 2.37. The van der Waals surface area contributed by atoms with Gasteiger partial charge in [-0.2, -0.15) is 0 Å². The van der Waals surface area contributed by atoms with Crippen molar-refractivity contribution >= 4 is 36.7 Å². The van der Waals surface area contributed by atoms with Crippen molar-refractivity contribution in [2.45, 2.75) is 52.2 Å². The van der Waals surface area contributed by atoms with Crippen LogP contribution in [0.2, 0.25) is 23.2 Å². The zero-order chi connectivity index (χ0) is 21.4. The van der Waals surface area contributed by atoms with Gasteiger partial charge in [0.2, 0.25) is 5.91 Å². The number of hydrogen-bond donors (Lipinski definition) is 0. The molecule has 0 aliphatic heterocycles. The van der Waals surface area contributed by atoms with Gasteiger partial charge in [-0.25, -0.2) is 0 Å². The molecule has 0 bridgehead atoms. The summed E-state index contributed by atoms with van der Waals surface area (Å²) >= 11 is 6.55. The number of aromatic nitrogens is 1. The van der Waals surface area contributed by atoms with Gasteiger partial charge in [-0.3, -0.25) is 9.36 Å². The van der Waals surface area contributed by atoms with Crippen LogP contribution in [0.5, 0.6) is 0 Å². The Kier molecular flexibility index (Phi) is 6.09. The highest BCUT2D eigenvalue weighted by atomic mass is 35.5. The first-order valence-corrected chi connectivity index (χ1v) is 13.4. The molecule has 0 spiro atoms. The standard InChI is InChI=1S/C24H30ClNO2Si/c1-17(27)26-22-14-10-8-11-18(22)19(15-16-28-29(5,6)24(2,3)4)23(26)20-12-7-9-13-21(20)25/h7-14H,15-16H2,1-6H3. The third-order valence-corrected chi connectivity index (χ3v) is 10.9. The van der Waals surface area contributed by atoms with Crippen molar-refractivity contribution in [1.82, 2.24) is 4.57 Å². The van der Waals surface area contributed by atoms with Crippen molar-refractivity contribution in [3.8, 4) is 11.3 Å². The maximum atomic E-state index is 12.6. The predicted octanol–water partition coefficient (Wildman–Crippen LogP) is 7.19. The van der Waals surface area contributed by atoms with Gasteiger partial charge in [-0.15, -0.1) is 0 Å². The molecule has 0 saturated heterocycles. The summed E-state index contributed by atoms with van der Waals surface area (Å²) in [5, 5.41) is 1.88. The molecule has 3 nitrogen and oxygen atoms in total. The van der Waals surface area contributed by atoms with E-state index in [1.54, 1.807) is 11.5 Å². The molecule has 0 radical (unpaired) electrons. The van der Waals surface area contributed by atoms with E-state index in [0.717, 1.165) is 34.1 Å². The molecule has 0 saturated carbocycles. The largest absolute Gasteiger partial charge is 0.416 e. The summed E-state index contributed by atoms with van der Waals surface area (Å²) in [6.45, 7) is 13.5. The Hall–Kier alpha value is -1.88. The summed E-state index contributed by atoms with van der Waals surface area (Å²) < 4.78 is 8.24. The molecule has 5 heteroatoms. The van der Waals surface area contributed by atoms with E-state index in [0.29, 0.717) is 11.6 Å². The Bertz CT molecular complexity index is 1050. The highest BCUT2D eigenvalue weighted by Crippen LogP contribution is 2.39. The van der Waals surface area contributed by atoms with Gasteiger partial charge >= 0.3 is 0 Å². The van der Waals surface area contributed by atoms with Gasteiger partial charge in [0.05, 0.1) is 11.2 Å². The molecule has 0 N–H and O–H groups in total. The molecule has 0 fully saturated rings. The van der Waals surface area contributed by atoms with Gasteiger partial charge in [-0.05, 0) is 42.2 Å². The summed E-state index contributed by atoms with van der Waals surface area (Å²) in [6.07, 6.45) is 0.730. The highest BCUT2D eigenvalue weighted by molar-refractivity contribution is 6.74. The minimum absolute atomic E-state index is 0.0207. The Labute approximate surface area is 179 Å². The molecule has 29 heavy (non-hydrogen) atoms. The van der Waals surface area contributed by atoms with Crippen molar-refractivity contribution in [2.24, 2.45) is 0 Å². The summed E-state index contributed by atoms with van der Waals surface area (Å²) in [7, 11) is -1.85. The van der Waals surface area contributed by atoms with Crippen LogP contribution in [0.15, 0.2) is 48.5 Å². The monoisotopic (exact) mass is 427 g/mol. The summed E-state index contributed by atoms with van der Waals surface area (Å²) in [5.74, 6) is -0.0207. The number of carbonyl (C=O) groups excluding carboxylic acids is 1. The van der Waals surface area contributed by atoms with E-state index in [1.165, 1.54) is 0 Å². The van der Waals surface area contributed by atoms with Crippen molar-refractivity contribution < 1.29 is 9.22 Å². The number of benzene rings is 2. The molecule has 3 aromatic rings. The molecular formula is C24H30ClNO2Si. The lowest BCUT2D eigenvalue weighted by Crippen LogP contribution is -2.41. The third kappa shape index (κ3) is 4.20. The molecule has 1 heterocycles. The second-order valence-corrected chi connectivity index (χ2v) is 14.3. The molecule has 0 aliphatic carbocycles. The smallest absolute Gasteiger partial charge is 0.228 e. The van der Waals surface area contributed by atoms with E-state index < -0.39 is 8.32 Å². The molecule has 2 aromatic carbocycles. The van der Waals surface area contributed by atoms with Crippen LogP contribution in [0.4, 0.5) is 0 Å². The van der Waals surface area contributed by atoms with Crippen LogP contribution in [-0.4, -0.2) is 25.4 Å². The predicted molar refractivity (Wildman–Crippen MR) is 126 cm³/mol. The van der Waals surface area contributed by atoms with Crippen LogP contribution in [0.25, 0.3) is 22.2 Å². The fourth-order valence-corrected chi connectivity index (χ4v) is 4.72. The van der Waals surface area contributed by atoms with Gasteiger partial charge in [-0.1, -0.05) is 68.8 Å². The first kappa shape index (κ1) is 21.8. The first-order valence-electron chi connectivity index (χ1n) is 10.1. The third-order valence-electron chi connectivity index (χ3n) is 6.04. The number of carbonyl (C=O) groups is 1. The van der Waals surface area contributed by atoms with E-state index >= 15 is 0 Å². The minimum Gasteiger partial charge on any atom is -0.416 e. The Balaban J connectivity index is 2.12. The number of rotatable bonds is 5. The van der Waals surface area contributed by atoms with Crippen molar-refractivity contribution in [3.63, 3.8) is 0 Å². The van der Waals surface area contributed by atoms with Crippen LogP contribution >= 0.6 is 11.6 Å². The molecule has 0 unspecified atom stereocenters. The van der Waals surface area contributed by atoms with Crippen LogP contribution in [0.1, 0.15) is 38.1 Å². The van der Waals surface area contributed by atoms with Crippen LogP contribution in [0, 0.1) is 0 Å². The van der Waals surface area contributed by atoms with E-state index in [1.807, 2.05) is 42.5 Å². The lowest BCUT2D eigenvalue weighted by molar-refractivity contribution is 0.0943. The summed E-state index contributed by atoms with van der Waals surface area (Å²) in [5.41, 5.74) is 3.78. The maximum absolute atomic E-state index is 12.6. The summed E-state index contributed by atoms with van der Waals surface area (Å²) in [6, 6.07) is 15.8. The lowest BCUT2D eigenvalue weighted by Gasteiger charge is -2.36.